The Balaban J connectivity index is 2.63. The van der Waals surface area contributed by atoms with Crippen LogP contribution in [-0.4, -0.2) is 19.1 Å². The van der Waals surface area contributed by atoms with E-state index in [2.05, 4.69) is 5.43 Å². The van der Waals surface area contributed by atoms with Crippen LogP contribution < -0.4 is 16.0 Å². The second-order valence-electron chi connectivity index (χ2n) is 4.34. The molecule has 1 atom stereocenters. The number of methoxy groups -OCH3 is 1. The lowest BCUT2D eigenvalue weighted by Gasteiger charge is -2.19. The van der Waals surface area contributed by atoms with Gasteiger partial charge in [0.05, 0.1) is 13.7 Å². The van der Waals surface area contributed by atoms with Crippen LogP contribution in [0, 0.1) is 5.92 Å². The zero-order valence-corrected chi connectivity index (χ0v) is 11.0. The molecule has 0 aliphatic carbocycles. The minimum absolute atomic E-state index is 0.0548. The summed E-state index contributed by atoms with van der Waals surface area (Å²) in [4.78, 5) is 11.5. The standard InChI is InChI=1S/C13H20N2O3/c1-9(2)12(13(16)15-14)18-8-10-5-4-6-11(7-10)17-3/h4-7,9,12H,8,14H2,1-3H3,(H,15,16). The van der Waals surface area contributed by atoms with E-state index in [1.165, 1.54) is 0 Å². The summed E-state index contributed by atoms with van der Waals surface area (Å²) in [5.41, 5.74) is 3.07. The van der Waals surface area contributed by atoms with Crippen LogP contribution in [0.1, 0.15) is 19.4 Å². The third-order valence-electron chi connectivity index (χ3n) is 2.57. The van der Waals surface area contributed by atoms with Gasteiger partial charge in [0.1, 0.15) is 11.9 Å². The van der Waals surface area contributed by atoms with E-state index >= 15 is 0 Å². The summed E-state index contributed by atoms with van der Waals surface area (Å²) >= 11 is 0. The maximum atomic E-state index is 11.5. The molecule has 3 N–H and O–H groups in total. The number of rotatable bonds is 6. The van der Waals surface area contributed by atoms with Gasteiger partial charge < -0.3 is 9.47 Å². The molecular formula is C13H20N2O3. The topological polar surface area (TPSA) is 73.6 Å². The summed E-state index contributed by atoms with van der Waals surface area (Å²) in [5, 5.41) is 0. The number of amides is 1. The van der Waals surface area contributed by atoms with E-state index in [1.807, 2.05) is 38.1 Å². The molecule has 0 aromatic heterocycles. The van der Waals surface area contributed by atoms with Crippen molar-refractivity contribution in [1.29, 1.82) is 0 Å². The minimum atomic E-state index is -0.554. The molecular weight excluding hydrogens is 232 g/mol. The van der Waals surface area contributed by atoms with Crippen molar-refractivity contribution in [2.45, 2.75) is 26.6 Å². The third-order valence-corrected chi connectivity index (χ3v) is 2.57. The molecule has 0 spiro atoms. The predicted molar refractivity (Wildman–Crippen MR) is 68.7 cm³/mol. The molecule has 0 heterocycles. The van der Waals surface area contributed by atoms with E-state index in [0.29, 0.717) is 6.61 Å². The Morgan fingerprint density at radius 1 is 1.44 bits per heavy atom. The van der Waals surface area contributed by atoms with Crippen molar-refractivity contribution in [2.24, 2.45) is 11.8 Å². The van der Waals surface area contributed by atoms with Crippen LogP contribution in [0.3, 0.4) is 0 Å². The highest BCUT2D eigenvalue weighted by Crippen LogP contribution is 2.15. The Morgan fingerprint density at radius 2 is 2.17 bits per heavy atom. The maximum Gasteiger partial charge on any atom is 0.263 e. The van der Waals surface area contributed by atoms with Crippen molar-refractivity contribution in [3.8, 4) is 5.75 Å². The van der Waals surface area contributed by atoms with Gasteiger partial charge in [-0.25, -0.2) is 5.84 Å². The third kappa shape index (κ3) is 4.01. The number of ether oxygens (including phenoxy) is 2. The SMILES string of the molecule is COc1cccc(COC(C(=O)NN)C(C)C)c1. The van der Waals surface area contributed by atoms with Gasteiger partial charge in [0.15, 0.2) is 0 Å². The van der Waals surface area contributed by atoms with Crippen molar-refractivity contribution in [3.63, 3.8) is 0 Å². The smallest absolute Gasteiger partial charge is 0.263 e. The summed E-state index contributed by atoms with van der Waals surface area (Å²) in [5.74, 6) is 5.63. The quantitative estimate of drug-likeness (QED) is 0.453. The molecule has 1 unspecified atom stereocenters. The molecule has 1 aromatic rings. The lowest BCUT2D eigenvalue weighted by Crippen LogP contribution is -2.43. The first kappa shape index (κ1) is 14.5. The minimum Gasteiger partial charge on any atom is -0.497 e. The lowest BCUT2D eigenvalue weighted by molar-refractivity contribution is -0.136. The number of benzene rings is 1. The molecule has 1 rings (SSSR count). The normalized spacial score (nSPS) is 12.3. The van der Waals surface area contributed by atoms with E-state index in [0.717, 1.165) is 11.3 Å². The molecule has 0 aliphatic rings. The van der Waals surface area contributed by atoms with Gasteiger partial charge in [0.25, 0.3) is 5.91 Å². The number of carbonyl (C=O) groups is 1. The molecule has 1 aromatic carbocycles. The van der Waals surface area contributed by atoms with Crippen molar-refractivity contribution >= 4 is 5.91 Å². The first-order chi connectivity index (χ1) is 8.58. The summed E-state index contributed by atoms with van der Waals surface area (Å²) in [6.45, 7) is 4.16. The van der Waals surface area contributed by atoms with Crippen molar-refractivity contribution in [1.82, 2.24) is 5.43 Å². The van der Waals surface area contributed by atoms with Gasteiger partial charge in [0, 0.05) is 0 Å². The number of nitrogens with two attached hydrogens (primary N) is 1. The Kier molecular flexibility index (Phi) is 5.61. The first-order valence-electron chi connectivity index (χ1n) is 5.83. The largest absolute Gasteiger partial charge is 0.497 e. The highest BCUT2D eigenvalue weighted by molar-refractivity contribution is 5.80. The Bertz CT molecular complexity index is 394. The fourth-order valence-electron chi connectivity index (χ4n) is 1.60. The molecule has 5 heteroatoms. The highest BCUT2D eigenvalue weighted by atomic mass is 16.5. The number of hydrogen-bond donors (Lipinski definition) is 2. The van der Waals surface area contributed by atoms with Gasteiger partial charge in [-0.1, -0.05) is 26.0 Å². The first-order valence-corrected chi connectivity index (χ1v) is 5.83. The van der Waals surface area contributed by atoms with Gasteiger partial charge in [-0.2, -0.15) is 0 Å². The fraction of sp³-hybridized carbons (Fsp3) is 0.462. The van der Waals surface area contributed by atoms with Crippen LogP contribution in [0.25, 0.3) is 0 Å². The van der Waals surface area contributed by atoms with Crippen molar-refractivity contribution < 1.29 is 14.3 Å². The second kappa shape index (κ2) is 6.98. The van der Waals surface area contributed by atoms with Crippen molar-refractivity contribution in [2.75, 3.05) is 7.11 Å². The molecule has 0 fully saturated rings. The maximum absolute atomic E-state index is 11.5. The summed E-state index contributed by atoms with van der Waals surface area (Å²) in [6.07, 6.45) is -0.554. The van der Waals surface area contributed by atoms with E-state index in [-0.39, 0.29) is 11.8 Å². The predicted octanol–water partition coefficient (Wildman–Crippen LogP) is 1.23. The average Bonchev–Trinajstić information content (AvgIpc) is 2.38. The highest BCUT2D eigenvalue weighted by Gasteiger charge is 2.22. The van der Waals surface area contributed by atoms with E-state index in [4.69, 9.17) is 15.3 Å². The summed E-state index contributed by atoms with van der Waals surface area (Å²) in [6, 6.07) is 7.53. The van der Waals surface area contributed by atoms with Gasteiger partial charge in [-0.05, 0) is 23.6 Å². The van der Waals surface area contributed by atoms with Crippen LogP contribution in [0.5, 0.6) is 5.75 Å². The monoisotopic (exact) mass is 252 g/mol. The Labute approximate surface area is 107 Å². The van der Waals surface area contributed by atoms with E-state index in [1.54, 1.807) is 7.11 Å². The second-order valence-corrected chi connectivity index (χ2v) is 4.34. The zero-order valence-electron chi connectivity index (χ0n) is 11.0. The molecule has 0 aliphatic heterocycles. The van der Waals surface area contributed by atoms with Gasteiger partial charge in [-0.3, -0.25) is 10.2 Å². The zero-order chi connectivity index (χ0) is 13.5. The number of hydrazine groups is 1. The molecule has 0 radical (unpaired) electrons. The number of carbonyl (C=O) groups excluding carboxylic acids is 1. The van der Waals surface area contributed by atoms with E-state index < -0.39 is 6.10 Å². The summed E-state index contributed by atoms with van der Waals surface area (Å²) in [7, 11) is 1.61. The van der Waals surface area contributed by atoms with Crippen LogP contribution in [-0.2, 0) is 16.1 Å². The Hall–Kier alpha value is -1.59. The molecule has 18 heavy (non-hydrogen) atoms. The Morgan fingerprint density at radius 3 is 2.72 bits per heavy atom. The van der Waals surface area contributed by atoms with Crippen LogP contribution in [0.2, 0.25) is 0 Å². The van der Waals surface area contributed by atoms with Gasteiger partial charge in [0.2, 0.25) is 0 Å². The van der Waals surface area contributed by atoms with Gasteiger partial charge in [-0.15, -0.1) is 0 Å². The molecule has 0 bridgehead atoms. The molecule has 5 nitrogen and oxygen atoms in total. The summed E-state index contributed by atoms with van der Waals surface area (Å²) < 4.78 is 10.7. The number of hydrogen-bond acceptors (Lipinski definition) is 4. The molecule has 1 amide bonds. The fourth-order valence-corrected chi connectivity index (χ4v) is 1.60. The molecule has 0 saturated carbocycles. The van der Waals surface area contributed by atoms with Crippen LogP contribution in [0.15, 0.2) is 24.3 Å². The van der Waals surface area contributed by atoms with Crippen molar-refractivity contribution in [3.05, 3.63) is 29.8 Å². The average molecular weight is 252 g/mol. The van der Waals surface area contributed by atoms with Crippen LogP contribution in [0.4, 0.5) is 0 Å². The number of nitrogens with one attached hydrogen (secondary N) is 1. The molecule has 100 valence electrons. The molecule has 0 saturated heterocycles. The van der Waals surface area contributed by atoms with Gasteiger partial charge >= 0.3 is 0 Å². The van der Waals surface area contributed by atoms with Crippen LogP contribution >= 0.6 is 0 Å². The lowest BCUT2D eigenvalue weighted by atomic mass is 10.1. The van der Waals surface area contributed by atoms with E-state index in [9.17, 15) is 4.79 Å².